The van der Waals surface area contributed by atoms with Gasteiger partial charge in [0.2, 0.25) is 10.0 Å². The third-order valence-corrected chi connectivity index (χ3v) is 5.86. The van der Waals surface area contributed by atoms with Gasteiger partial charge in [0, 0.05) is 19.3 Å². The molecule has 1 aromatic carbocycles. The zero-order valence-electron chi connectivity index (χ0n) is 13.7. The van der Waals surface area contributed by atoms with Gasteiger partial charge in [0.1, 0.15) is 16.5 Å². The number of piperidine rings is 1. The Morgan fingerprint density at radius 1 is 1.08 bits per heavy atom. The number of benzene rings is 1. The fourth-order valence-electron chi connectivity index (χ4n) is 2.59. The first-order chi connectivity index (χ1) is 12.1. The van der Waals surface area contributed by atoms with Gasteiger partial charge in [-0.3, -0.25) is 5.43 Å². The van der Waals surface area contributed by atoms with E-state index in [2.05, 4.69) is 15.5 Å². The van der Waals surface area contributed by atoms with Crippen molar-refractivity contribution in [1.29, 1.82) is 0 Å². The maximum atomic E-state index is 12.5. The van der Waals surface area contributed by atoms with Crippen LogP contribution in [-0.2, 0) is 10.0 Å². The molecule has 3 rings (SSSR count). The Kier molecular flexibility index (Phi) is 5.30. The quantitative estimate of drug-likeness (QED) is 0.631. The first-order valence-corrected chi connectivity index (χ1v) is 9.54. The van der Waals surface area contributed by atoms with Crippen LogP contribution in [0.3, 0.4) is 0 Å². The second kappa shape index (κ2) is 7.62. The summed E-state index contributed by atoms with van der Waals surface area (Å²) < 4.78 is 26.6. The minimum absolute atomic E-state index is 0.192. The molecule has 0 radical (unpaired) electrons. The second-order valence-electron chi connectivity index (χ2n) is 5.81. The van der Waals surface area contributed by atoms with Gasteiger partial charge in [-0.25, -0.2) is 13.4 Å². The molecule has 2 N–H and O–H groups in total. The van der Waals surface area contributed by atoms with Gasteiger partial charge in [0.15, 0.2) is 0 Å². The standard InChI is InChI=1S/C17H20N4O3S/c22-15-6-4-14(5-7-15)12-19-20-17-9-8-16(13-18-17)25(23,24)21-10-2-1-3-11-21/h4-9,12-13,22H,1-3,10-11H2,(H,18,20). The van der Waals surface area contributed by atoms with Crippen LogP contribution in [0, 0.1) is 0 Å². The number of aromatic hydroxyl groups is 1. The van der Waals surface area contributed by atoms with Gasteiger partial charge in [-0.1, -0.05) is 6.42 Å². The van der Waals surface area contributed by atoms with Crippen LogP contribution < -0.4 is 5.43 Å². The van der Waals surface area contributed by atoms with E-state index in [1.807, 2.05) is 0 Å². The number of phenols is 1. The van der Waals surface area contributed by atoms with Crippen LogP contribution in [0.4, 0.5) is 5.82 Å². The molecule has 1 fully saturated rings. The van der Waals surface area contributed by atoms with Crippen LogP contribution >= 0.6 is 0 Å². The summed E-state index contributed by atoms with van der Waals surface area (Å²) in [5, 5.41) is 13.3. The number of nitrogens with one attached hydrogen (secondary N) is 1. The predicted molar refractivity (Wildman–Crippen MR) is 96.2 cm³/mol. The van der Waals surface area contributed by atoms with Crippen molar-refractivity contribution in [2.75, 3.05) is 18.5 Å². The molecule has 0 aliphatic carbocycles. The molecule has 1 aliphatic heterocycles. The van der Waals surface area contributed by atoms with Gasteiger partial charge in [0.05, 0.1) is 6.21 Å². The minimum atomic E-state index is -3.47. The first kappa shape index (κ1) is 17.4. The number of hydrogen-bond donors (Lipinski definition) is 2. The van der Waals surface area contributed by atoms with Crippen molar-refractivity contribution in [2.45, 2.75) is 24.2 Å². The second-order valence-corrected chi connectivity index (χ2v) is 7.74. The Balaban J connectivity index is 1.64. The number of rotatable bonds is 5. The van der Waals surface area contributed by atoms with Crippen LogP contribution in [0.5, 0.6) is 5.75 Å². The predicted octanol–water partition coefficient (Wildman–Crippen LogP) is 2.41. The van der Waals surface area contributed by atoms with Gasteiger partial charge >= 0.3 is 0 Å². The van der Waals surface area contributed by atoms with E-state index in [0.29, 0.717) is 18.9 Å². The van der Waals surface area contributed by atoms with Crippen molar-refractivity contribution in [2.24, 2.45) is 5.10 Å². The molecule has 0 saturated carbocycles. The Hall–Kier alpha value is -2.45. The molecule has 2 heterocycles. The van der Waals surface area contributed by atoms with Crippen molar-refractivity contribution >= 4 is 22.1 Å². The summed E-state index contributed by atoms with van der Waals surface area (Å²) in [7, 11) is -3.47. The monoisotopic (exact) mass is 360 g/mol. The summed E-state index contributed by atoms with van der Waals surface area (Å²) in [6.07, 6.45) is 5.81. The Bertz CT molecular complexity index is 827. The van der Waals surface area contributed by atoms with Crippen molar-refractivity contribution in [1.82, 2.24) is 9.29 Å². The molecule has 1 aliphatic rings. The Morgan fingerprint density at radius 3 is 2.44 bits per heavy atom. The van der Waals surface area contributed by atoms with E-state index < -0.39 is 10.0 Å². The lowest BCUT2D eigenvalue weighted by Crippen LogP contribution is -2.35. The molecule has 132 valence electrons. The molecule has 2 aromatic rings. The topological polar surface area (TPSA) is 94.9 Å². The van der Waals surface area contributed by atoms with Crippen molar-refractivity contribution in [3.8, 4) is 5.75 Å². The lowest BCUT2D eigenvalue weighted by Gasteiger charge is -2.25. The summed E-state index contributed by atoms with van der Waals surface area (Å²) in [5.41, 5.74) is 3.57. The summed E-state index contributed by atoms with van der Waals surface area (Å²) in [5.74, 6) is 0.643. The van der Waals surface area contributed by atoms with E-state index in [4.69, 9.17) is 0 Å². The minimum Gasteiger partial charge on any atom is -0.508 e. The number of hydrazone groups is 1. The van der Waals surface area contributed by atoms with Crippen molar-refractivity contribution < 1.29 is 13.5 Å². The zero-order chi connectivity index (χ0) is 17.7. The lowest BCUT2D eigenvalue weighted by atomic mass is 10.2. The van der Waals surface area contributed by atoms with E-state index in [1.165, 1.54) is 16.6 Å². The third-order valence-electron chi connectivity index (χ3n) is 3.97. The fourth-order valence-corrected chi connectivity index (χ4v) is 4.05. The summed E-state index contributed by atoms with van der Waals surface area (Å²) in [6, 6.07) is 9.71. The van der Waals surface area contributed by atoms with Crippen molar-refractivity contribution in [3.63, 3.8) is 0 Å². The van der Waals surface area contributed by atoms with Gasteiger partial charge in [0.25, 0.3) is 0 Å². The van der Waals surface area contributed by atoms with Crippen LogP contribution in [0.2, 0.25) is 0 Å². The molecule has 0 bridgehead atoms. The third kappa shape index (κ3) is 4.34. The Labute approximate surface area is 147 Å². The van der Waals surface area contributed by atoms with Crippen LogP contribution in [-0.4, -0.2) is 42.1 Å². The highest BCUT2D eigenvalue weighted by atomic mass is 32.2. The molecule has 0 unspecified atom stereocenters. The molecule has 7 nitrogen and oxygen atoms in total. The highest BCUT2D eigenvalue weighted by molar-refractivity contribution is 7.89. The average molecular weight is 360 g/mol. The number of nitrogens with zero attached hydrogens (tertiary/aromatic N) is 3. The number of phenolic OH excluding ortho intramolecular Hbond substituents is 1. The fraction of sp³-hybridized carbons (Fsp3) is 0.294. The molecule has 1 aromatic heterocycles. The van der Waals surface area contributed by atoms with Crippen LogP contribution in [0.1, 0.15) is 24.8 Å². The van der Waals surface area contributed by atoms with E-state index in [-0.39, 0.29) is 10.6 Å². The lowest BCUT2D eigenvalue weighted by molar-refractivity contribution is 0.346. The van der Waals surface area contributed by atoms with E-state index in [1.54, 1.807) is 36.5 Å². The van der Waals surface area contributed by atoms with Gasteiger partial charge in [-0.2, -0.15) is 9.41 Å². The van der Waals surface area contributed by atoms with Crippen LogP contribution in [0.25, 0.3) is 0 Å². The van der Waals surface area contributed by atoms with Crippen molar-refractivity contribution in [3.05, 3.63) is 48.2 Å². The van der Waals surface area contributed by atoms with E-state index in [9.17, 15) is 13.5 Å². The molecule has 0 amide bonds. The number of hydrogen-bond acceptors (Lipinski definition) is 6. The zero-order valence-corrected chi connectivity index (χ0v) is 14.5. The molecule has 0 spiro atoms. The van der Waals surface area contributed by atoms with Gasteiger partial charge in [-0.15, -0.1) is 0 Å². The van der Waals surface area contributed by atoms with E-state index >= 15 is 0 Å². The number of pyridine rings is 1. The maximum Gasteiger partial charge on any atom is 0.244 e. The molecule has 25 heavy (non-hydrogen) atoms. The van der Waals surface area contributed by atoms with E-state index in [0.717, 1.165) is 24.8 Å². The SMILES string of the molecule is O=S(=O)(c1ccc(NN=Cc2ccc(O)cc2)nc1)N1CCCCC1. The highest BCUT2D eigenvalue weighted by Crippen LogP contribution is 2.20. The number of anilines is 1. The first-order valence-electron chi connectivity index (χ1n) is 8.10. The Morgan fingerprint density at radius 2 is 1.80 bits per heavy atom. The number of sulfonamides is 1. The normalized spacial score (nSPS) is 16.2. The molecular weight excluding hydrogens is 340 g/mol. The molecule has 0 atom stereocenters. The molecule has 8 heteroatoms. The smallest absolute Gasteiger partial charge is 0.244 e. The molecule has 1 saturated heterocycles. The highest BCUT2D eigenvalue weighted by Gasteiger charge is 2.25. The summed E-state index contributed by atoms with van der Waals surface area (Å²) in [6.45, 7) is 1.14. The van der Waals surface area contributed by atoms with Gasteiger partial charge in [-0.05, 0) is 54.8 Å². The van der Waals surface area contributed by atoms with Crippen LogP contribution in [0.15, 0.2) is 52.6 Å². The maximum absolute atomic E-state index is 12.5. The molecular formula is C17H20N4O3S. The largest absolute Gasteiger partial charge is 0.508 e. The summed E-state index contributed by atoms with van der Waals surface area (Å²) in [4.78, 5) is 4.31. The average Bonchev–Trinajstić information content (AvgIpc) is 2.64. The van der Waals surface area contributed by atoms with Gasteiger partial charge < -0.3 is 5.11 Å². The number of aromatic nitrogens is 1. The summed E-state index contributed by atoms with van der Waals surface area (Å²) >= 11 is 0.